The number of hydrogen-bond acceptors (Lipinski definition) is 4. The van der Waals surface area contributed by atoms with Gasteiger partial charge >= 0.3 is 0 Å². The molecule has 0 aliphatic carbocycles. The van der Waals surface area contributed by atoms with Crippen molar-refractivity contribution < 1.29 is 8.42 Å². The van der Waals surface area contributed by atoms with E-state index in [0.29, 0.717) is 18.3 Å². The highest BCUT2D eigenvalue weighted by Gasteiger charge is 2.31. The number of sulfone groups is 1. The van der Waals surface area contributed by atoms with E-state index in [-0.39, 0.29) is 5.25 Å². The summed E-state index contributed by atoms with van der Waals surface area (Å²) in [6.07, 6.45) is 5.17. The van der Waals surface area contributed by atoms with Crippen molar-refractivity contribution in [3.63, 3.8) is 0 Å². The zero-order chi connectivity index (χ0) is 12.5. The Morgan fingerprint density at radius 3 is 2.94 bits per heavy atom. The fourth-order valence-corrected chi connectivity index (χ4v) is 3.92. The summed E-state index contributed by atoms with van der Waals surface area (Å²) in [6, 6.07) is 0.320. The normalized spacial score (nSPS) is 23.1. The number of anilines is 1. The topological polar surface area (TPSA) is 64.0 Å². The predicted octanol–water partition coefficient (Wildman–Crippen LogP) is 1.45. The van der Waals surface area contributed by atoms with Gasteiger partial charge in [0.05, 0.1) is 11.0 Å². The summed E-state index contributed by atoms with van der Waals surface area (Å²) in [5.74, 6) is 1.08. The van der Waals surface area contributed by atoms with Gasteiger partial charge in [-0.3, -0.25) is 0 Å². The zero-order valence-electron chi connectivity index (χ0n) is 10.3. The molecule has 96 valence electrons. The lowest BCUT2D eigenvalue weighted by atomic mass is 10.2. The Morgan fingerprint density at radius 2 is 2.35 bits per heavy atom. The van der Waals surface area contributed by atoms with Crippen LogP contribution in [0, 0.1) is 0 Å². The van der Waals surface area contributed by atoms with Crippen LogP contribution in [0.15, 0.2) is 12.4 Å². The first-order valence-corrected chi connectivity index (χ1v) is 7.70. The third-order valence-corrected chi connectivity index (χ3v) is 5.45. The van der Waals surface area contributed by atoms with Gasteiger partial charge in [-0.15, -0.1) is 0 Å². The van der Waals surface area contributed by atoms with E-state index in [1.807, 2.05) is 10.8 Å². The fraction of sp³-hybridized carbons (Fsp3) is 0.727. The van der Waals surface area contributed by atoms with E-state index in [0.717, 1.165) is 18.8 Å². The van der Waals surface area contributed by atoms with Crippen LogP contribution in [0.3, 0.4) is 0 Å². The first-order valence-electron chi connectivity index (χ1n) is 5.99. The molecule has 6 heteroatoms. The minimum Gasteiger partial charge on any atom is -0.354 e. The van der Waals surface area contributed by atoms with Gasteiger partial charge in [-0.25, -0.2) is 13.4 Å². The molecule has 0 spiro atoms. The molecule has 1 atom stereocenters. The van der Waals surface area contributed by atoms with Crippen LogP contribution in [0.5, 0.6) is 0 Å². The third-order valence-electron chi connectivity index (χ3n) is 3.18. The smallest absolute Gasteiger partial charge is 0.203 e. The van der Waals surface area contributed by atoms with Gasteiger partial charge in [-0.2, -0.15) is 0 Å². The van der Waals surface area contributed by atoms with Crippen LogP contribution in [0.2, 0.25) is 0 Å². The van der Waals surface area contributed by atoms with Crippen LogP contribution < -0.4 is 5.32 Å². The van der Waals surface area contributed by atoms with Crippen LogP contribution >= 0.6 is 0 Å². The fourth-order valence-electron chi connectivity index (χ4n) is 2.16. The second kappa shape index (κ2) is 4.68. The van der Waals surface area contributed by atoms with Crippen LogP contribution in [0.1, 0.15) is 32.7 Å². The van der Waals surface area contributed by atoms with Crippen molar-refractivity contribution in [3.8, 4) is 0 Å². The molecule has 1 unspecified atom stereocenters. The van der Waals surface area contributed by atoms with Gasteiger partial charge in [0, 0.05) is 25.0 Å². The van der Waals surface area contributed by atoms with Crippen molar-refractivity contribution in [1.29, 1.82) is 0 Å². The van der Waals surface area contributed by atoms with E-state index < -0.39 is 9.84 Å². The molecule has 17 heavy (non-hydrogen) atoms. The molecule has 1 aromatic heterocycles. The summed E-state index contributed by atoms with van der Waals surface area (Å²) in [6.45, 7) is 4.60. The number of imidazole rings is 1. The highest BCUT2D eigenvalue weighted by molar-refractivity contribution is 7.92. The van der Waals surface area contributed by atoms with Gasteiger partial charge in [0.25, 0.3) is 0 Å². The standard InChI is InChI=1S/C11H19N3O2S/c1-9(2)14-6-5-12-11(14)13-8-10-4-3-7-17(10,15)16/h5-6,9-10H,3-4,7-8H2,1-2H3,(H,12,13). The van der Waals surface area contributed by atoms with E-state index >= 15 is 0 Å². The van der Waals surface area contributed by atoms with E-state index in [1.165, 1.54) is 0 Å². The van der Waals surface area contributed by atoms with Crippen LogP contribution in [0.4, 0.5) is 5.95 Å². The number of nitrogens with one attached hydrogen (secondary N) is 1. The van der Waals surface area contributed by atoms with Crippen molar-refractivity contribution >= 4 is 15.8 Å². The Bertz CT molecular complexity index is 479. The largest absolute Gasteiger partial charge is 0.354 e. The molecule has 1 aromatic rings. The molecule has 0 radical (unpaired) electrons. The van der Waals surface area contributed by atoms with E-state index in [2.05, 4.69) is 24.1 Å². The van der Waals surface area contributed by atoms with Crippen LogP contribution in [-0.2, 0) is 9.84 Å². The average Bonchev–Trinajstić information content (AvgIpc) is 2.81. The van der Waals surface area contributed by atoms with Gasteiger partial charge in [0.2, 0.25) is 5.95 Å². The molecule has 1 fully saturated rings. The first kappa shape index (κ1) is 12.4. The summed E-state index contributed by atoms with van der Waals surface area (Å²) >= 11 is 0. The van der Waals surface area contributed by atoms with Gasteiger partial charge in [0.1, 0.15) is 0 Å². The van der Waals surface area contributed by atoms with Crippen molar-refractivity contribution in [2.45, 2.75) is 38.0 Å². The third kappa shape index (κ3) is 2.62. The minimum atomic E-state index is -2.87. The van der Waals surface area contributed by atoms with E-state index in [4.69, 9.17) is 0 Å². The van der Waals surface area contributed by atoms with Crippen LogP contribution in [0.25, 0.3) is 0 Å². The zero-order valence-corrected chi connectivity index (χ0v) is 11.1. The lowest BCUT2D eigenvalue weighted by Crippen LogP contribution is -2.26. The molecule has 1 aliphatic heterocycles. The summed E-state index contributed by atoms with van der Waals surface area (Å²) in [7, 11) is -2.87. The molecule has 1 N–H and O–H groups in total. The molecule has 5 nitrogen and oxygen atoms in total. The van der Waals surface area contributed by atoms with Crippen molar-refractivity contribution in [1.82, 2.24) is 9.55 Å². The Balaban J connectivity index is 2.01. The maximum atomic E-state index is 11.7. The Hall–Kier alpha value is -1.04. The quantitative estimate of drug-likeness (QED) is 0.886. The molecule has 1 aliphatic rings. The second-order valence-electron chi connectivity index (χ2n) is 4.76. The van der Waals surface area contributed by atoms with Crippen molar-refractivity contribution in [2.24, 2.45) is 0 Å². The van der Waals surface area contributed by atoms with Crippen molar-refractivity contribution in [2.75, 3.05) is 17.6 Å². The van der Waals surface area contributed by atoms with Crippen LogP contribution in [-0.4, -0.2) is 35.5 Å². The van der Waals surface area contributed by atoms with E-state index in [9.17, 15) is 8.42 Å². The Labute approximate surface area is 102 Å². The van der Waals surface area contributed by atoms with Gasteiger partial charge in [-0.05, 0) is 26.7 Å². The SMILES string of the molecule is CC(C)n1ccnc1NCC1CCCS1(=O)=O. The lowest BCUT2D eigenvalue weighted by Gasteiger charge is -2.15. The molecule has 1 saturated heterocycles. The predicted molar refractivity (Wildman–Crippen MR) is 67.9 cm³/mol. The summed E-state index contributed by atoms with van der Waals surface area (Å²) < 4.78 is 25.3. The molecular weight excluding hydrogens is 238 g/mol. The average molecular weight is 257 g/mol. The number of nitrogens with zero attached hydrogens (tertiary/aromatic N) is 2. The number of hydrogen-bond donors (Lipinski definition) is 1. The summed E-state index contributed by atoms with van der Waals surface area (Å²) in [5, 5.41) is 2.89. The summed E-state index contributed by atoms with van der Waals surface area (Å²) in [4.78, 5) is 4.20. The minimum absolute atomic E-state index is 0.250. The van der Waals surface area contributed by atoms with Gasteiger partial charge in [0.15, 0.2) is 9.84 Å². The second-order valence-corrected chi connectivity index (χ2v) is 7.16. The maximum Gasteiger partial charge on any atom is 0.203 e. The number of rotatable bonds is 4. The maximum absolute atomic E-state index is 11.7. The summed E-state index contributed by atoms with van der Waals surface area (Å²) in [5.41, 5.74) is 0. The highest BCUT2D eigenvalue weighted by atomic mass is 32.2. The first-order chi connectivity index (χ1) is 8.00. The molecule has 2 heterocycles. The monoisotopic (exact) mass is 257 g/mol. The van der Waals surface area contributed by atoms with Gasteiger partial charge < -0.3 is 9.88 Å². The number of aromatic nitrogens is 2. The highest BCUT2D eigenvalue weighted by Crippen LogP contribution is 2.21. The lowest BCUT2D eigenvalue weighted by molar-refractivity contribution is 0.588. The Kier molecular flexibility index (Phi) is 3.42. The molecule has 0 bridgehead atoms. The van der Waals surface area contributed by atoms with E-state index in [1.54, 1.807) is 6.20 Å². The molecule has 0 saturated carbocycles. The van der Waals surface area contributed by atoms with Crippen molar-refractivity contribution in [3.05, 3.63) is 12.4 Å². The molecular formula is C11H19N3O2S. The molecule has 0 amide bonds. The Morgan fingerprint density at radius 1 is 1.59 bits per heavy atom. The molecule has 0 aromatic carbocycles. The molecule has 2 rings (SSSR count). The van der Waals surface area contributed by atoms with Gasteiger partial charge in [-0.1, -0.05) is 0 Å².